The molecule has 0 amide bonds. The van der Waals surface area contributed by atoms with E-state index in [1.165, 1.54) is 96.3 Å². The number of phosphoric ester groups is 2. The number of hydrogen-bond acceptors (Lipinski definition) is 15. The van der Waals surface area contributed by atoms with Crippen molar-refractivity contribution in [2.24, 2.45) is 23.7 Å². The maximum Gasteiger partial charge on any atom is 0.472 e. The number of unbranched alkanes of at least 4 members (excludes halogenated alkanes) is 26. The van der Waals surface area contributed by atoms with Gasteiger partial charge in [-0.05, 0) is 49.4 Å². The van der Waals surface area contributed by atoms with Gasteiger partial charge in [-0.1, -0.05) is 248 Å². The van der Waals surface area contributed by atoms with Gasteiger partial charge in [0, 0.05) is 25.7 Å². The summed E-state index contributed by atoms with van der Waals surface area (Å²) in [5, 5.41) is 10.5. The molecule has 82 heavy (non-hydrogen) atoms. The van der Waals surface area contributed by atoms with Crippen LogP contribution in [0.2, 0.25) is 0 Å². The van der Waals surface area contributed by atoms with E-state index >= 15 is 0 Å². The molecule has 2 unspecified atom stereocenters. The fourth-order valence-corrected chi connectivity index (χ4v) is 10.8. The van der Waals surface area contributed by atoms with Gasteiger partial charge in [-0.2, -0.15) is 0 Å². The third-order valence-corrected chi connectivity index (χ3v) is 16.2. The van der Waals surface area contributed by atoms with Gasteiger partial charge in [-0.15, -0.1) is 0 Å². The highest BCUT2D eigenvalue weighted by molar-refractivity contribution is 7.47. The van der Waals surface area contributed by atoms with Gasteiger partial charge in [0.1, 0.15) is 19.3 Å². The maximum absolute atomic E-state index is 13.0. The number of rotatable bonds is 60. The molecule has 3 N–H and O–H groups in total. The van der Waals surface area contributed by atoms with E-state index in [1.807, 2.05) is 0 Å². The van der Waals surface area contributed by atoms with E-state index in [4.69, 9.17) is 37.0 Å². The highest BCUT2D eigenvalue weighted by Gasteiger charge is 2.30. The van der Waals surface area contributed by atoms with Gasteiger partial charge in [0.05, 0.1) is 26.4 Å². The first-order chi connectivity index (χ1) is 39.1. The van der Waals surface area contributed by atoms with E-state index in [-0.39, 0.29) is 25.7 Å². The molecule has 0 aliphatic carbocycles. The molecule has 0 aromatic rings. The largest absolute Gasteiger partial charge is 0.472 e. The molecular weight excluding hydrogens is 1090 g/mol. The first kappa shape index (κ1) is 80.1. The zero-order valence-corrected chi connectivity index (χ0v) is 54.9. The predicted molar refractivity (Wildman–Crippen MR) is 326 cm³/mol. The molecule has 0 saturated carbocycles. The van der Waals surface area contributed by atoms with Gasteiger partial charge in [-0.25, -0.2) is 9.13 Å². The number of ether oxygens (including phenoxy) is 4. The number of esters is 4. The Bertz CT molecular complexity index is 1640. The van der Waals surface area contributed by atoms with Crippen molar-refractivity contribution in [2.75, 3.05) is 39.6 Å². The second kappa shape index (κ2) is 53.3. The smallest absolute Gasteiger partial charge is 0.462 e. The summed E-state index contributed by atoms with van der Waals surface area (Å²) in [5.41, 5.74) is 0. The third-order valence-electron chi connectivity index (χ3n) is 14.3. The lowest BCUT2D eigenvalue weighted by molar-refractivity contribution is -0.161. The van der Waals surface area contributed by atoms with Gasteiger partial charge in [0.15, 0.2) is 12.2 Å². The minimum atomic E-state index is -4.94. The van der Waals surface area contributed by atoms with Crippen LogP contribution < -0.4 is 0 Å². The average molecular weight is 1210 g/mol. The Morgan fingerprint density at radius 2 is 0.512 bits per heavy atom. The summed E-state index contributed by atoms with van der Waals surface area (Å²) in [4.78, 5) is 72.1. The first-order valence-corrected chi connectivity index (χ1v) is 35.7. The van der Waals surface area contributed by atoms with Crippen molar-refractivity contribution in [3.05, 3.63) is 0 Å². The van der Waals surface area contributed by atoms with Gasteiger partial charge < -0.3 is 33.8 Å². The Labute approximate surface area is 498 Å². The monoisotopic (exact) mass is 1210 g/mol. The lowest BCUT2D eigenvalue weighted by atomic mass is 10.0. The van der Waals surface area contributed by atoms with Crippen LogP contribution in [-0.4, -0.2) is 96.7 Å². The highest BCUT2D eigenvalue weighted by Crippen LogP contribution is 2.45. The normalized spacial score (nSPS) is 14.5. The van der Waals surface area contributed by atoms with Crippen LogP contribution >= 0.6 is 15.6 Å². The topological polar surface area (TPSA) is 237 Å². The molecule has 0 radical (unpaired) electrons. The molecule has 0 heterocycles. The van der Waals surface area contributed by atoms with Crippen molar-refractivity contribution in [2.45, 2.75) is 318 Å². The van der Waals surface area contributed by atoms with Gasteiger partial charge in [0.2, 0.25) is 0 Å². The number of carbonyl (C=O) groups excluding carboxylic acids is 4. The molecule has 0 spiro atoms. The quantitative estimate of drug-likeness (QED) is 0.0222. The minimum absolute atomic E-state index is 0.100. The van der Waals surface area contributed by atoms with Crippen LogP contribution in [-0.2, 0) is 65.4 Å². The first-order valence-electron chi connectivity index (χ1n) is 32.7. The zero-order chi connectivity index (χ0) is 61.1. The van der Waals surface area contributed by atoms with Crippen LogP contribution in [0.1, 0.15) is 299 Å². The summed E-state index contributed by atoms with van der Waals surface area (Å²) < 4.78 is 67.9. The Morgan fingerprint density at radius 1 is 0.305 bits per heavy atom. The summed E-state index contributed by atoms with van der Waals surface area (Å²) in [5.74, 6) is 0.669. The number of aliphatic hydroxyl groups is 1. The summed E-state index contributed by atoms with van der Waals surface area (Å²) in [6.07, 6.45) is 32.5. The van der Waals surface area contributed by atoms with Crippen LogP contribution in [0.5, 0.6) is 0 Å². The second-order valence-corrected chi connectivity index (χ2v) is 27.6. The average Bonchev–Trinajstić information content (AvgIpc) is 3.41. The second-order valence-electron chi connectivity index (χ2n) is 24.7. The van der Waals surface area contributed by atoms with Gasteiger partial charge >= 0.3 is 39.5 Å². The van der Waals surface area contributed by atoms with Crippen molar-refractivity contribution >= 4 is 39.5 Å². The van der Waals surface area contributed by atoms with Crippen molar-refractivity contribution in [3.8, 4) is 0 Å². The minimum Gasteiger partial charge on any atom is -0.462 e. The van der Waals surface area contributed by atoms with Crippen molar-refractivity contribution in [1.29, 1.82) is 0 Å². The standard InChI is InChI=1S/C63H122O17P2/c1-53(2)39-31-23-15-12-10-9-11-13-17-27-35-43-60(65)73-49-58(79-62(67)45-37-29-18-14-16-24-32-40-54(3)4)51-77-81(69,70)75-47-57(64)48-76-82(71,72)78-52-59(80-63(68)46-38-30-22-20-26-34-42-56(7)8)50-74-61(66)44-36-28-21-19-25-33-41-55(5)6/h53-59,64H,9-52H2,1-8H3,(H,69,70)(H,71,72)/t57-,58-,59-/m1/s1. The van der Waals surface area contributed by atoms with Crippen LogP contribution in [0.4, 0.5) is 0 Å². The maximum atomic E-state index is 13.0. The molecule has 0 rings (SSSR count). The lowest BCUT2D eigenvalue weighted by Crippen LogP contribution is -2.30. The van der Waals surface area contributed by atoms with Crippen LogP contribution in [0, 0.1) is 23.7 Å². The van der Waals surface area contributed by atoms with Crippen LogP contribution in [0.15, 0.2) is 0 Å². The zero-order valence-electron chi connectivity index (χ0n) is 53.1. The molecule has 486 valence electrons. The third kappa shape index (κ3) is 57.2. The summed E-state index contributed by atoms with van der Waals surface area (Å²) >= 11 is 0. The molecule has 17 nitrogen and oxygen atoms in total. The molecule has 0 bridgehead atoms. The molecule has 0 aliphatic heterocycles. The molecular formula is C63H122O17P2. The fourth-order valence-electron chi connectivity index (χ4n) is 9.25. The number of aliphatic hydroxyl groups excluding tert-OH is 1. The summed E-state index contributed by atoms with van der Waals surface area (Å²) in [6, 6.07) is 0. The number of carbonyl (C=O) groups is 4. The van der Waals surface area contributed by atoms with Crippen molar-refractivity contribution in [1.82, 2.24) is 0 Å². The Morgan fingerprint density at radius 3 is 0.756 bits per heavy atom. The molecule has 0 aliphatic rings. The van der Waals surface area contributed by atoms with Crippen LogP contribution in [0.25, 0.3) is 0 Å². The number of phosphoric acid groups is 2. The summed E-state index contributed by atoms with van der Waals surface area (Å²) in [6.45, 7) is 13.8. The molecule has 19 heteroatoms. The molecule has 0 aromatic carbocycles. The lowest BCUT2D eigenvalue weighted by Gasteiger charge is -2.21. The predicted octanol–water partition coefficient (Wildman–Crippen LogP) is 17.0. The highest BCUT2D eigenvalue weighted by atomic mass is 31.2. The number of hydrogen-bond donors (Lipinski definition) is 3. The van der Waals surface area contributed by atoms with E-state index in [9.17, 15) is 43.2 Å². The van der Waals surface area contributed by atoms with E-state index in [1.54, 1.807) is 0 Å². The molecule has 0 fully saturated rings. The molecule has 5 atom stereocenters. The Hall–Kier alpha value is -1.94. The van der Waals surface area contributed by atoms with E-state index in [2.05, 4.69) is 55.4 Å². The van der Waals surface area contributed by atoms with Gasteiger partial charge in [-0.3, -0.25) is 37.3 Å². The van der Waals surface area contributed by atoms with Gasteiger partial charge in [0.25, 0.3) is 0 Å². The van der Waals surface area contributed by atoms with Crippen LogP contribution in [0.3, 0.4) is 0 Å². The van der Waals surface area contributed by atoms with E-state index in [0.29, 0.717) is 43.4 Å². The fraction of sp³-hybridized carbons (Fsp3) is 0.937. The Balaban J connectivity index is 5.22. The Kier molecular flexibility index (Phi) is 52.0. The van der Waals surface area contributed by atoms with E-state index in [0.717, 1.165) is 102 Å². The van der Waals surface area contributed by atoms with Crippen molar-refractivity contribution < 1.29 is 80.2 Å². The summed E-state index contributed by atoms with van der Waals surface area (Å²) in [7, 11) is -9.88. The van der Waals surface area contributed by atoms with Crippen molar-refractivity contribution in [3.63, 3.8) is 0 Å². The molecule has 0 aromatic heterocycles. The SMILES string of the molecule is CC(C)CCCCCCCCCCCCCC(=O)OC[C@H](COP(=O)(O)OC[C@@H](O)COP(=O)(O)OC[C@@H](COC(=O)CCCCCCCCC(C)C)OC(=O)CCCCCCCCC(C)C)OC(=O)CCCCCCCCCC(C)C. The van der Waals surface area contributed by atoms with E-state index < -0.39 is 97.5 Å². The molecule has 0 saturated heterocycles.